The van der Waals surface area contributed by atoms with Crippen molar-refractivity contribution in [3.63, 3.8) is 0 Å². The molecule has 0 fully saturated rings. The van der Waals surface area contributed by atoms with E-state index >= 15 is 0 Å². The molecular weight excluding hydrogens is 282 g/mol. The Bertz CT molecular complexity index is 785. The van der Waals surface area contributed by atoms with Gasteiger partial charge in [0, 0.05) is 24.0 Å². The maximum absolute atomic E-state index is 12.0. The lowest BCUT2D eigenvalue weighted by molar-refractivity contribution is 0.0942. The van der Waals surface area contributed by atoms with Crippen LogP contribution >= 0.6 is 0 Å². The molecule has 0 spiro atoms. The van der Waals surface area contributed by atoms with E-state index < -0.39 is 5.91 Å². The molecule has 0 aliphatic carbocycles. The third kappa shape index (κ3) is 2.93. The normalized spacial score (nSPS) is 10.4. The molecule has 0 unspecified atom stereocenters. The number of rotatable bonds is 4. The van der Waals surface area contributed by atoms with E-state index in [-0.39, 0.29) is 18.1 Å². The van der Waals surface area contributed by atoms with Gasteiger partial charge < -0.3 is 15.6 Å². The average molecular weight is 295 g/mol. The highest BCUT2D eigenvalue weighted by Gasteiger charge is 2.13. The third-order valence-corrected chi connectivity index (χ3v) is 2.99. The Morgan fingerprint density at radius 2 is 1.95 bits per heavy atom. The topological polar surface area (TPSA) is 107 Å². The molecule has 3 N–H and O–H groups in total. The van der Waals surface area contributed by atoms with Crippen LogP contribution in [0.5, 0.6) is 0 Å². The van der Waals surface area contributed by atoms with Gasteiger partial charge in [0.05, 0.1) is 6.54 Å². The van der Waals surface area contributed by atoms with Crippen LogP contribution in [0.3, 0.4) is 0 Å². The minimum absolute atomic E-state index is 0.0857. The summed E-state index contributed by atoms with van der Waals surface area (Å²) in [4.78, 5) is 19.7. The first-order chi connectivity index (χ1) is 10.7. The quantitative estimate of drug-likeness (QED) is 0.757. The molecule has 7 heteroatoms. The van der Waals surface area contributed by atoms with Crippen LogP contribution in [0.4, 0.5) is 5.82 Å². The Kier molecular flexibility index (Phi) is 3.78. The third-order valence-electron chi connectivity index (χ3n) is 2.99. The van der Waals surface area contributed by atoms with E-state index in [1.807, 2.05) is 30.3 Å². The van der Waals surface area contributed by atoms with E-state index in [1.54, 1.807) is 6.07 Å². The molecule has 0 saturated heterocycles. The highest BCUT2D eigenvalue weighted by atomic mass is 16.5. The van der Waals surface area contributed by atoms with E-state index in [9.17, 15) is 4.79 Å². The van der Waals surface area contributed by atoms with Crippen molar-refractivity contribution in [3.8, 4) is 11.3 Å². The first-order valence-corrected chi connectivity index (χ1v) is 6.60. The van der Waals surface area contributed by atoms with Crippen molar-refractivity contribution in [1.82, 2.24) is 20.4 Å². The summed E-state index contributed by atoms with van der Waals surface area (Å²) in [5.41, 5.74) is 7.35. The number of amides is 1. The molecule has 110 valence electrons. The number of nitrogens with zero attached hydrogens (tertiary/aromatic N) is 3. The molecule has 2 heterocycles. The van der Waals surface area contributed by atoms with Crippen LogP contribution in [0.2, 0.25) is 0 Å². The first kappa shape index (κ1) is 13.7. The van der Waals surface area contributed by atoms with E-state index in [2.05, 4.69) is 20.4 Å². The molecule has 1 aromatic carbocycles. The number of nitrogens with one attached hydrogen (secondary N) is 1. The standard InChI is InChI=1S/C15H13N5O2/c16-14-13(17-6-7-18-14)15(21)19-9-11-8-12(20-22-11)10-4-2-1-3-5-10/h1-8H,9H2,(H2,16,18)(H,19,21). The van der Waals surface area contributed by atoms with Gasteiger partial charge in [0.25, 0.3) is 5.91 Å². The maximum atomic E-state index is 12.0. The number of hydrogen-bond donors (Lipinski definition) is 2. The largest absolute Gasteiger partial charge is 0.382 e. The molecule has 0 aliphatic heterocycles. The first-order valence-electron chi connectivity index (χ1n) is 6.60. The summed E-state index contributed by atoms with van der Waals surface area (Å²) in [5.74, 6) is 0.209. The van der Waals surface area contributed by atoms with Gasteiger partial charge in [-0.15, -0.1) is 0 Å². The molecule has 0 bridgehead atoms. The van der Waals surface area contributed by atoms with Crippen molar-refractivity contribution in [1.29, 1.82) is 0 Å². The second kappa shape index (κ2) is 6.04. The van der Waals surface area contributed by atoms with E-state index in [0.29, 0.717) is 11.5 Å². The van der Waals surface area contributed by atoms with Crippen LogP contribution < -0.4 is 11.1 Å². The minimum atomic E-state index is -0.414. The van der Waals surface area contributed by atoms with Crippen molar-refractivity contribution in [2.24, 2.45) is 0 Å². The molecule has 7 nitrogen and oxygen atoms in total. The molecule has 3 rings (SSSR count). The van der Waals surface area contributed by atoms with Gasteiger partial charge in [0.1, 0.15) is 5.69 Å². The maximum Gasteiger partial charge on any atom is 0.274 e. The van der Waals surface area contributed by atoms with Gasteiger partial charge in [-0.2, -0.15) is 0 Å². The number of aromatic nitrogens is 3. The Balaban J connectivity index is 1.67. The van der Waals surface area contributed by atoms with Gasteiger partial charge in [-0.1, -0.05) is 35.5 Å². The van der Waals surface area contributed by atoms with Crippen LogP contribution in [0.1, 0.15) is 16.2 Å². The minimum Gasteiger partial charge on any atom is -0.382 e. The van der Waals surface area contributed by atoms with Crippen molar-refractivity contribution >= 4 is 11.7 Å². The molecule has 0 radical (unpaired) electrons. The van der Waals surface area contributed by atoms with Gasteiger partial charge in [-0.05, 0) is 0 Å². The van der Waals surface area contributed by atoms with Crippen LogP contribution in [0.15, 0.2) is 53.3 Å². The lowest BCUT2D eigenvalue weighted by Gasteiger charge is -2.03. The summed E-state index contributed by atoms with van der Waals surface area (Å²) < 4.78 is 5.20. The number of anilines is 1. The molecule has 0 aliphatic rings. The second-order valence-corrected chi connectivity index (χ2v) is 4.52. The van der Waals surface area contributed by atoms with Gasteiger partial charge in [-0.3, -0.25) is 4.79 Å². The Morgan fingerprint density at radius 1 is 1.18 bits per heavy atom. The highest BCUT2D eigenvalue weighted by Crippen LogP contribution is 2.18. The number of carbonyl (C=O) groups is 1. The summed E-state index contributed by atoms with van der Waals surface area (Å²) in [7, 11) is 0. The zero-order valence-corrected chi connectivity index (χ0v) is 11.6. The number of benzene rings is 1. The average Bonchev–Trinajstić information content (AvgIpc) is 3.03. The van der Waals surface area contributed by atoms with Crippen molar-refractivity contribution in [2.45, 2.75) is 6.54 Å². The summed E-state index contributed by atoms with van der Waals surface area (Å²) >= 11 is 0. The Morgan fingerprint density at radius 3 is 2.73 bits per heavy atom. The number of nitrogens with two attached hydrogens (primary N) is 1. The Hall–Kier alpha value is -3.22. The van der Waals surface area contributed by atoms with Crippen LogP contribution in [-0.4, -0.2) is 21.0 Å². The van der Waals surface area contributed by atoms with Crippen molar-refractivity contribution < 1.29 is 9.32 Å². The molecule has 0 atom stereocenters. The zero-order valence-electron chi connectivity index (χ0n) is 11.6. The van der Waals surface area contributed by atoms with Gasteiger partial charge in [0.15, 0.2) is 17.3 Å². The summed E-state index contributed by atoms with van der Waals surface area (Å²) in [5, 5.41) is 6.64. The van der Waals surface area contributed by atoms with Crippen molar-refractivity contribution in [3.05, 3.63) is 60.2 Å². The number of hydrogen-bond acceptors (Lipinski definition) is 6. The fraction of sp³-hybridized carbons (Fsp3) is 0.0667. The highest BCUT2D eigenvalue weighted by molar-refractivity contribution is 5.96. The summed E-state index contributed by atoms with van der Waals surface area (Å²) in [6, 6.07) is 11.4. The fourth-order valence-electron chi connectivity index (χ4n) is 1.92. The molecular formula is C15H13N5O2. The predicted molar refractivity (Wildman–Crippen MR) is 79.6 cm³/mol. The SMILES string of the molecule is Nc1nccnc1C(=O)NCc1cc(-c2ccccc2)no1. The second-order valence-electron chi connectivity index (χ2n) is 4.52. The summed E-state index contributed by atoms with van der Waals surface area (Å²) in [6.45, 7) is 0.189. The van der Waals surface area contributed by atoms with Gasteiger partial charge in [0.2, 0.25) is 0 Å². The number of nitrogen functional groups attached to an aromatic ring is 1. The molecule has 0 saturated carbocycles. The van der Waals surface area contributed by atoms with Crippen molar-refractivity contribution in [2.75, 3.05) is 5.73 Å². The summed E-state index contributed by atoms with van der Waals surface area (Å²) in [6.07, 6.45) is 2.84. The van der Waals surface area contributed by atoms with Crippen LogP contribution in [0, 0.1) is 0 Å². The van der Waals surface area contributed by atoms with Crippen LogP contribution in [0.25, 0.3) is 11.3 Å². The van der Waals surface area contributed by atoms with Gasteiger partial charge >= 0.3 is 0 Å². The van der Waals surface area contributed by atoms with Gasteiger partial charge in [-0.25, -0.2) is 9.97 Å². The monoisotopic (exact) mass is 295 g/mol. The molecule has 2 aromatic heterocycles. The lowest BCUT2D eigenvalue weighted by atomic mass is 10.1. The fourth-order valence-corrected chi connectivity index (χ4v) is 1.92. The smallest absolute Gasteiger partial charge is 0.274 e. The lowest BCUT2D eigenvalue weighted by Crippen LogP contribution is -2.25. The molecule has 3 aromatic rings. The van der Waals surface area contributed by atoms with E-state index in [1.165, 1.54) is 12.4 Å². The van der Waals surface area contributed by atoms with E-state index in [4.69, 9.17) is 10.3 Å². The molecule has 1 amide bonds. The zero-order chi connectivity index (χ0) is 15.4. The molecule has 22 heavy (non-hydrogen) atoms. The van der Waals surface area contributed by atoms with Crippen LogP contribution in [-0.2, 0) is 6.54 Å². The Labute approximate surface area is 126 Å². The predicted octanol–water partition coefficient (Wildman–Crippen LogP) is 1.64. The number of carbonyl (C=O) groups excluding carboxylic acids is 1. The van der Waals surface area contributed by atoms with E-state index in [0.717, 1.165) is 5.56 Å².